The number of carboxylic acid groups (broad SMARTS) is 1. The molecule has 1 unspecified atom stereocenters. The molecule has 0 radical (unpaired) electrons. The minimum Gasteiger partial charge on any atom is -0.481 e. The third kappa shape index (κ3) is 6.19. The molecular formula is C22H28O2. The molecule has 0 saturated carbocycles. The van der Waals surface area contributed by atoms with Crippen LogP contribution in [0.4, 0.5) is 0 Å². The average Bonchev–Trinajstić information content (AvgIpc) is 2.62. The summed E-state index contributed by atoms with van der Waals surface area (Å²) in [7, 11) is 0. The molecule has 0 fully saturated rings. The lowest BCUT2D eigenvalue weighted by atomic mass is 9.93. The van der Waals surface area contributed by atoms with Crippen molar-refractivity contribution in [3.8, 4) is 0 Å². The van der Waals surface area contributed by atoms with Gasteiger partial charge in [0.15, 0.2) is 0 Å². The van der Waals surface area contributed by atoms with E-state index < -0.39 is 5.97 Å². The van der Waals surface area contributed by atoms with Crippen LogP contribution >= 0.6 is 0 Å². The Kier molecular flexibility index (Phi) is 7.54. The predicted molar refractivity (Wildman–Crippen MR) is 99.3 cm³/mol. The quantitative estimate of drug-likeness (QED) is 0.602. The first-order chi connectivity index (χ1) is 11.7. The number of aryl methyl sites for hydroxylation is 3. The Morgan fingerprint density at radius 1 is 0.833 bits per heavy atom. The van der Waals surface area contributed by atoms with Gasteiger partial charge in [-0.1, -0.05) is 67.9 Å². The van der Waals surface area contributed by atoms with E-state index in [2.05, 4.69) is 55.5 Å². The van der Waals surface area contributed by atoms with Gasteiger partial charge in [0, 0.05) is 0 Å². The molecule has 24 heavy (non-hydrogen) atoms. The van der Waals surface area contributed by atoms with Gasteiger partial charge < -0.3 is 5.11 Å². The van der Waals surface area contributed by atoms with Crippen molar-refractivity contribution >= 4 is 5.97 Å². The molecule has 2 rings (SSSR count). The summed E-state index contributed by atoms with van der Waals surface area (Å²) in [6.07, 6.45) is 6.45. The lowest BCUT2D eigenvalue weighted by Gasteiger charge is -2.12. The highest BCUT2D eigenvalue weighted by Gasteiger charge is 2.16. The molecular weight excluding hydrogens is 296 g/mol. The molecule has 0 aliphatic rings. The summed E-state index contributed by atoms with van der Waals surface area (Å²) >= 11 is 0. The van der Waals surface area contributed by atoms with Gasteiger partial charge in [0.2, 0.25) is 0 Å². The predicted octanol–water partition coefficient (Wildman–Crippen LogP) is 5.30. The third-order valence-corrected chi connectivity index (χ3v) is 4.67. The van der Waals surface area contributed by atoms with Crippen LogP contribution in [0.3, 0.4) is 0 Å². The zero-order valence-corrected chi connectivity index (χ0v) is 14.6. The fourth-order valence-corrected chi connectivity index (χ4v) is 3.04. The highest BCUT2D eigenvalue weighted by Crippen LogP contribution is 2.18. The Morgan fingerprint density at radius 2 is 1.46 bits per heavy atom. The van der Waals surface area contributed by atoms with Crippen LogP contribution in [0.5, 0.6) is 0 Å². The number of benzene rings is 2. The van der Waals surface area contributed by atoms with Gasteiger partial charge in [-0.25, -0.2) is 0 Å². The topological polar surface area (TPSA) is 37.3 Å². The number of hydrogen-bond donors (Lipinski definition) is 1. The van der Waals surface area contributed by atoms with Crippen molar-refractivity contribution in [2.45, 2.75) is 51.9 Å². The van der Waals surface area contributed by atoms with Gasteiger partial charge in [-0.15, -0.1) is 0 Å². The van der Waals surface area contributed by atoms with E-state index in [1.54, 1.807) is 0 Å². The third-order valence-electron chi connectivity index (χ3n) is 4.67. The Morgan fingerprint density at radius 3 is 2.08 bits per heavy atom. The van der Waals surface area contributed by atoms with Crippen molar-refractivity contribution in [3.05, 3.63) is 71.3 Å². The maximum atomic E-state index is 11.5. The Balaban J connectivity index is 1.73. The van der Waals surface area contributed by atoms with Crippen LogP contribution in [-0.4, -0.2) is 11.1 Å². The molecule has 0 saturated heterocycles. The molecule has 0 aliphatic carbocycles. The first-order valence-corrected chi connectivity index (χ1v) is 9.03. The minimum absolute atomic E-state index is 0.230. The molecule has 0 aliphatic heterocycles. The maximum Gasteiger partial charge on any atom is 0.306 e. The van der Waals surface area contributed by atoms with E-state index in [-0.39, 0.29) is 5.92 Å². The average molecular weight is 324 g/mol. The zero-order chi connectivity index (χ0) is 17.2. The Labute approximate surface area is 145 Å². The van der Waals surface area contributed by atoms with Crippen LogP contribution in [0.25, 0.3) is 0 Å². The molecule has 2 aromatic carbocycles. The lowest BCUT2D eigenvalue weighted by Crippen LogP contribution is -2.14. The summed E-state index contributed by atoms with van der Waals surface area (Å²) in [4.78, 5) is 11.5. The highest BCUT2D eigenvalue weighted by molar-refractivity contribution is 5.69. The van der Waals surface area contributed by atoms with Crippen molar-refractivity contribution in [2.24, 2.45) is 5.92 Å². The molecule has 2 heteroatoms. The van der Waals surface area contributed by atoms with Gasteiger partial charge in [-0.05, 0) is 55.2 Å². The fraction of sp³-hybridized carbons (Fsp3) is 0.409. The van der Waals surface area contributed by atoms with Crippen LogP contribution in [0, 0.1) is 5.92 Å². The largest absolute Gasteiger partial charge is 0.481 e. The number of carboxylic acids is 1. The Hall–Kier alpha value is -2.09. The van der Waals surface area contributed by atoms with Gasteiger partial charge in [0.1, 0.15) is 0 Å². The molecule has 2 aromatic rings. The van der Waals surface area contributed by atoms with Crippen LogP contribution < -0.4 is 0 Å². The number of carbonyl (C=O) groups is 1. The molecule has 128 valence electrons. The van der Waals surface area contributed by atoms with Crippen molar-refractivity contribution in [1.29, 1.82) is 0 Å². The smallest absolute Gasteiger partial charge is 0.306 e. The summed E-state index contributed by atoms with van der Waals surface area (Å²) in [6, 6.07) is 19.0. The van der Waals surface area contributed by atoms with Gasteiger partial charge in [-0.3, -0.25) is 4.79 Å². The first-order valence-electron chi connectivity index (χ1n) is 9.03. The molecule has 0 spiro atoms. The summed E-state index contributed by atoms with van der Waals surface area (Å²) in [5, 5.41) is 9.45. The molecule has 1 atom stereocenters. The van der Waals surface area contributed by atoms with E-state index in [0.29, 0.717) is 0 Å². The molecule has 0 amide bonds. The van der Waals surface area contributed by atoms with E-state index in [4.69, 9.17) is 0 Å². The summed E-state index contributed by atoms with van der Waals surface area (Å²) in [5.74, 6) is -0.883. The van der Waals surface area contributed by atoms with Crippen molar-refractivity contribution in [1.82, 2.24) is 0 Å². The van der Waals surface area contributed by atoms with Crippen LogP contribution in [-0.2, 0) is 24.1 Å². The van der Waals surface area contributed by atoms with Gasteiger partial charge >= 0.3 is 5.97 Å². The molecule has 0 bridgehead atoms. The van der Waals surface area contributed by atoms with E-state index in [9.17, 15) is 9.90 Å². The van der Waals surface area contributed by atoms with Gasteiger partial charge in [0.05, 0.1) is 5.92 Å². The maximum absolute atomic E-state index is 11.5. The zero-order valence-electron chi connectivity index (χ0n) is 14.6. The summed E-state index contributed by atoms with van der Waals surface area (Å²) < 4.78 is 0. The summed E-state index contributed by atoms with van der Waals surface area (Å²) in [6.45, 7) is 2.14. The summed E-state index contributed by atoms with van der Waals surface area (Å²) in [5.41, 5.74) is 3.90. The van der Waals surface area contributed by atoms with Gasteiger partial charge in [-0.2, -0.15) is 0 Å². The number of unbranched alkanes of at least 4 members (excludes halogenated alkanes) is 1. The van der Waals surface area contributed by atoms with Crippen molar-refractivity contribution in [3.63, 3.8) is 0 Å². The number of rotatable bonds is 10. The second-order valence-corrected chi connectivity index (χ2v) is 6.48. The lowest BCUT2D eigenvalue weighted by molar-refractivity contribution is -0.142. The second kappa shape index (κ2) is 9.92. The van der Waals surface area contributed by atoms with Crippen LogP contribution in [0.15, 0.2) is 54.6 Å². The number of hydrogen-bond acceptors (Lipinski definition) is 1. The minimum atomic E-state index is -0.653. The fourth-order valence-electron chi connectivity index (χ4n) is 3.04. The van der Waals surface area contributed by atoms with Crippen molar-refractivity contribution in [2.75, 3.05) is 0 Å². The van der Waals surface area contributed by atoms with E-state index in [1.165, 1.54) is 16.7 Å². The molecule has 0 heterocycles. The van der Waals surface area contributed by atoms with E-state index in [0.717, 1.165) is 44.9 Å². The molecule has 0 aromatic heterocycles. The number of aliphatic carboxylic acids is 1. The monoisotopic (exact) mass is 324 g/mol. The normalized spacial score (nSPS) is 12.0. The molecule has 1 N–H and O–H groups in total. The van der Waals surface area contributed by atoms with Crippen LogP contribution in [0.1, 0.15) is 49.3 Å². The van der Waals surface area contributed by atoms with Crippen LogP contribution in [0.2, 0.25) is 0 Å². The highest BCUT2D eigenvalue weighted by atomic mass is 16.4. The Bertz CT molecular complexity index is 602. The first kappa shape index (κ1) is 18.3. The van der Waals surface area contributed by atoms with Crippen molar-refractivity contribution < 1.29 is 9.90 Å². The molecule has 2 nitrogen and oxygen atoms in total. The SMILES string of the molecule is CCc1ccc(CCC(CCCCc2ccccc2)C(=O)O)cc1. The van der Waals surface area contributed by atoms with Gasteiger partial charge in [0.25, 0.3) is 0 Å². The van der Waals surface area contributed by atoms with E-state index in [1.807, 2.05) is 6.07 Å². The standard InChI is InChI=1S/C22H28O2/c1-2-18-12-14-20(15-13-18)16-17-21(22(23)24)11-7-6-10-19-8-4-3-5-9-19/h3-5,8-9,12-15,21H,2,6-7,10-11,16-17H2,1H3,(H,23,24). The second-order valence-electron chi connectivity index (χ2n) is 6.48. The van der Waals surface area contributed by atoms with E-state index >= 15 is 0 Å².